The fraction of sp³-hybridized carbons (Fsp3) is 0.290. The van der Waals surface area contributed by atoms with Crippen LogP contribution in [0.3, 0.4) is 0 Å². The van der Waals surface area contributed by atoms with Crippen LogP contribution in [0.4, 0.5) is 15.8 Å². The van der Waals surface area contributed by atoms with Crippen LogP contribution in [-0.4, -0.2) is 24.8 Å². The van der Waals surface area contributed by atoms with Gasteiger partial charge in [0.15, 0.2) is 5.78 Å². The lowest BCUT2D eigenvalue weighted by Gasteiger charge is -2.37. The smallest absolute Gasteiger partial charge is 0.254 e. The number of nitrogens with zero attached hydrogens (tertiary/aromatic N) is 1. The summed E-state index contributed by atoms with van der Waals surface area (Å²) in [6.07, 6.45) is 1.12. The van der Waals surface area contributed by atoms with Gasteiger partial charge in [-0.2, -0.15) is 0 Å². The van der Waals surface area contributed by atoms with Crippen LogP contribution in [0, 0.1) is 5.82 Å². The van der Waals surface area contributed by atoms with E-state index in [-0.39, 0.29) is 17.6 Å². The van der Waals surface area contributed by atoms with Crippen molar-refractivity contribution in [3.05, 3.63) is 105 Å². The Bertz CT molecular complexity index is 1410. The zero-order valence-corrected chi connectivity index (χ0v) is 22.7. The van der Waals surface area contributed by atoms with E-state index in [4.69, 9.17) is 0 Å². The molecule has 2 heterocycles. The topological polar surface area (TPSA) is 61.4 Å². The Morgan fingerprint density at radius 1 is 1.08 bits per heavy atom. The fourth-order valence-corrected chi connectivity index (χ4v) is 6.46. The molecule has 0 saturated heterocycles. The number of halogens is 1. The minimum absolute atomic E-state index is 0.0542. The quantitative estimate of drug-likeness (QED) is 0.356. The number of Topliss-reactive ketones (excluding diaryl/α,β-unsaturated/α-hetero) is 1. The molecule has 5 rings (SSSR count). The SMILES string of the molecule is CCN(CC)c1ccc(C2C(C(=O)Nc3cccc(F)c3)=C(C)NC3=C2C(=O)CC(c2cccs2)C3)cc1. The van der Waals surface area contributed by atoms with Crippen molar-refractivity contribution in [2.75, 3.05) is 23.3 Å². The number of thiophene rings is 1. The third kappa shape index (κ3) is 5.03. The number of hydrogen-bond acceptors (Lipinski definition) is 5. The maximum absolute atomic E-state index is 13.8. The number of dihydropyridines is 1. The van der Waals surface area contributed by atoms with E-state index in [1.54, 1.807) is 23.5 Å². The lowest BCUT2D eigenvalue weighted by atomic mass is 9.72. The largest absolute Gasteiger partial charge is 0.372 e. The molecular weight excluding hydrogens is 497 g/mol. The molecule has 1 aliphatic heterocycles. The van der Waals surface area contributed by atoms with Crippen LogP contribution in [0.1, 0.15) is 55.9 Å². The van der Waals surface area contributed by atoms with Gasteiger partial charge in [0, 0.05) is 70.1 Å². The molecule has 1 aliphatic carbocycles. The molecular formula is C31H32FN3O2S. The van der Waals surface area contributed by atoms with E-state index < -0.39 is 11.7 Å². The van der Waals surface area contributed by atoms with Gasteiger partial charge >= 0.3 is 0 Å². The van der Waals surface area contributed by atoms with Gasteiger partial charge in [0.25, 0.3) is 5.91 Å². The predicted octanol–water partition coefficient (Wildman–Crippen LogP) is 6.73. The molecule has 3 aromatic rings. The van der Waals surface area contributed by atoms with E-state index in [9.17, 15) is 14.0 Å². The Balaban J connectivity index is 1.56. The minimum atomic E-state index is -0.512. The number of benzene rings is 2. The summed E-state index contributed by atoms with van der Waals surface area (Å²) in [6.45, 7) is 7.89. The number of carbonyl (C=O) groups is 2. The normalized spacial score (nSPS) is 19.2. The first-order valence-corrected chi connectivity index (χ1v) is 14.0. The molecule has 2 unspecified atom stereocenters. The summed E-state index contributed by atoms with van der Waals surface area (Å²) in [5.74, 6) is -1.11. The standard InChI is InChI=1S/C31H32FN3O2S/c1-4-35(5-2)24-13-11-20(12-14-24)29-28(31(37)34-23-9-6-8-22(32)18-23)19(3)33-25-16-21(17-26(36)30(25)29)27-10-7-15-38-27/h6-15,18,21,29,33H,4-5,16-17H2,1-3H3,(H,34,37). The van der Waals surface area contributed by atoms with Gasteiger partial charge in [0.05, 0.1) is 0 Å². The van der Waals surface area contributed by atoms with E-state index in [0.717, 1.165) is 30.0 Å². The fourth-order valence-electron chi connectivity index (χ4n) is 5.63. The highest BCUT2D eigenvalue weighted by Crippen LogP contribution is 2.46. The van der Waals surface area contributed by atoms with Gasteiger partial charge in [-0.25, -0.2) is 4.39 Å². The molecule has 1 aromatic heterocycles. The molecule has 5 nitrogen and oxygen atoms in total. The highest BCUT2D eigenvalue weighted by atomic mass is 32.1. The van der Waals surface area contributed by atoms with Crippen molar-refractivity contribution in [2.24, 2.45) is 0 Å². The van der Waals surface area contributed by atoms with Crippen LogP contribution in [0.25, 0.3) is 0 Å². The summed E-state index contributed by atoms with van der Waals surface area (Å²) in [5, 5.41) is 8.31. The van der Waals surface area contributed by atoms with E-state index >= 15 is 0 Å². The number of anilines is 2. The van der Waals surface area contributed by atoms with Crippen molar-refractivity contribution in [2.45, 2.75) is 45.4 Å². The van der Waals surface area contributed by atoms with E-state index in [0.29, 0.717) is 35.4 Å². The minimum Gasteiger partial charge on any atom is -0.372 e. The first-order chi connectivity index (χ1) is 18.4. The summed E-state index contributed by atoms with van der Waals surface area (Å²) in [4.78, 5) is 30.9. The second kappa shape index (κ2) is 11.0. The summed E-state index contributed by atoms with van der Waals surface area (Å²) >= 11 is 1.67. The average Bonchev–Trinajstić information content (AvgIpc) is 3.44. The third-order valence-electron chi connectivity index (χ3n) is 7.46. The lowest BCUT2D eigenvalue weighted by molar-refractivity contribution is -0.116. The van der Waals surface area contributed by atoms with E-state index in [1.165, 1.54) is 17.0 Å². The maximum Gasteiger partial charge on any atom is 0.254 e. The van der Waals surface area contributed by atoms with Crippen LogP contribution < -0.4 is 15.5 Å². The van der Waals surface area contributed by atoms with Gasteiger partial charge in [-0.1, -0.05) is 24.3 Å². The van der Waals surface area contributed by atoms with Crippen molar-refractivity contribution in [1.29, 1.82) is 0 Å². The summed E-state index contributed by atoms with van der Waals surface area (Å²) < 4.78 is 13.8. The molecule has 1 amide bonds. The van der Waals surface area contributed by atoms with Gasteiger partial charge < -0.3 is 15.5 Å². The van der Waals surface area contributed by atoms with Gasteiger partial charge in [-0.3, -0.25) is 9.59 Å². The molecule has 7 heteroatoms. The molecule has 0 radical (unpaired) electrons. The van der Waals surface area contributed by atoms with Crippen molar-refractivity contribution >= 4 is 34.4 Å². The summed E-state index contributed by atoms with van der Waals surface area (Å²) in [5.41, 5.74) is 5.09. The predicted molar refractivity (Wildman–Crippen MR) is 152 cm³/mol. The molecule has 0 spiro atoms. The first-order valence-electron chi connectivity index (χ1n) is 13.1. The molecule has 2 aromatic carbocycles. The Morgan fingerprint density at radius 3 is 2.50 bits per heavy atom. The highest BCUT2D eigenvalue weighted by molar-refractivity contribution is 7.10. The Hall–Kier alpha value is -3.71. The van der Waals surface area contributed by atoms with Crippen LogP contribution >= 0.6 is 11.3 Å². The van der Waals surface area contributed by atoms with Gasteiger partial charge in [0.1, 0.15) is 5.82 Å². The number of hydrogen-bond donors (Lipinski definition) is 2. The summed E-state index contributed by atoms with van der Waals surface area (Å²) in [7, 11) is 0. The monoisotopic (exact) mass is 529 g/mol. The Kier molecular flexibility index (Phi) is 7.47. The zero-order valence-electron chi connectivity index (χ0n) is 21.9. The third-order valence-corrected chi connectivity index (χ3v) is 8.49. The second-order valence-corrected chi connectivity index (χ2v) is 10.7. The van der Waals surface area contributed by atoms with Gasteiger partial charge in [0.2, 0.25) is 0 Å². The lowest BCUT2D eigenvalue weighted by Crippen LogP contribution is -2.37. The number of amides is 1. The number of carbonyl (C=O) groups excluding carboxylic acids is 2. The van der Waals surface area contributed by atoms with E-state index in [2.05, 4.69) is 47.6 Å². The van der Waals surface area contributed by atoms with Gasteiger partial charge in [-0.15, -0.1) is 11.3 Å². The van der Waals surface area contributed by atoms with Crippen molar-refractivity contribution in [1.82, 2.24) is 5.32 Å². The van der Waals surface area contributed by atoms with Gasteiger partial charge in [-0.05, 0) is 74.5 Å². The Labute approximate surface area is 227 Å². The summed E-state index contributed by atoms with van der Waals surface area (Å²) in [6, 6.07) is 18.1. The number of rotatable bonds is 7. The van der Waals surface area contributed by atoms with Crippen LogP contribution in [0.5, 0.6) is 0 Å². The van der Waals surface area contributed by atoms with E-state index in [1.807, 2.05) is 30.5 Å². The van der Waals surface area contributed by atoms with Crippen LogP contribution in [0.15, 0.2) is 88.6 Å². The molecule has 2 aliphatic rings. The van der Waals surface area contributed by atoms with Crippen molar-refractivity contribution < 1.29 is 14.0 Å². The highest BCUT2D eigenvalue weighted by Gasteiger charge is 2.41. The molecule has 0 fully saturated rings. The van der Waals surface area contributed by atoms with Crippen LogP contribution in [0.2, 0.25) is 0 Å². The second-order valence-electron chi connectivity index (χ2n) is 9.76. The maximum atomic E-state index is 13.8. The molecule has 2 atom stereocenters. The molecule has 0 saturated carbocycles. The zero-order chi connectivity index (χ0) is 26.8. The number of allylic oxidation sites excluding steroid dienone is 3. The number of ketones is 1. The first kappa shape index (κ1) is 25.9. The molecule has 196 valence electrons. The Morgan fingerprint density at radius 2 is 1.84 bits per heavy atom. The molecule has 0 bridgehead atoms. The van der Waals surface area contributed by atoms with Crippen molar-refractivity contribution in [3.8, 4) is 0 Å². The van der Waals surface area contributed by atoms with Crippen molar-refractivity contribution in [3.63, 3.8) is 0 Å². The van der Waals surface area contributed by atoms with Crippen LogP contribution in [-0.2, 0) is 9.59 Å². The molecule has 38 heavy (non-hydrogen) atoms. The molecule has 2 N–H and O–H groups in total. The number of nitrogens with one attached hydrogen (secondary N) is 2. The average molecular weight is 530 g/mol.